The number of carbonyl (C=O) groups is 3. The van der Waals surface area contributed by atoms with Gasteiger partial charge >= 0.3 is 5.97 Å². The minimum absolute atomic E-state index is 0.0166. The molecule has 0 radical (unpaired) electrons. The minimum atomic E-state index is -0.953. The van der Waals surface area contributed by atoms with E-state index in [-0.39, 0.29) is 24.3 Å². The van der Waals surface area contributed by atoms with Gasteiger partial charge in [-0.15, -0.1) is 0 Å². The third kappa shape index (κ3) is 5.11. The average Bonchev–Trinajstić information content (AvgIpc) is 2.98. The van der Waals surface area contributed by atoms with Gasteiger partial charge in [-0.05, 0) is 54.8 Å². The van der Waals surface area contributed by atoms with Gasteiger partial charge in [0, 0.05) is 23.6 Å². The van der Waals surface area contributed by atoms with Crippen molar-refractivity contribution >= 4 is 35.0 Å². The van der Waals surface area contributed by atoms with E-state index in [4.69, 9.17) is 16.7 Å². The van der Waals surface area contributed by atoms with E-state index < -0.39 is 29.5 Å². The lowest BCUT2D eigenvalue weighted by molar-refractivity contribution is -0.140. The number of ketones is 1. The standard InChI is InChI=1S/C23H21ClFNO5/c24-16-10-8-14(9-11-16)21(29)19-20(15-5-4-6-17(25)13-15)26(23(31)22(19)30)12-3-1-2-7-18(27)28/h4-6,8-11,13,20,29H,1-3,7,12H2,(H,27,28)/t20-/m0/s1. The van der Waals surface area contributed by atoms with E-state index in [1.807, 2.05) is 0 Å². The van der Waals surface area contributed by atoms with Crippen LogP contribution in [0.4, 0.5) is 4.39 Å². The molecule has 8 heteroatoms. The normalized spacial score (nSPS) is 17.9. The summed E-state index contributed by atoms with van der Waals surface area (Å²) >= 11 is 5.89. The van der Waals surface area contributed by atoms with Gasteiger partial charge in [0.05, 0.1) is 11.6 Å². The Morgan fingerprint density at radius 2 is 1.74 bits per heavy atom. The number of hydrogen-bond donors (Lipinski definition) is 2. The summed E-state index contributed by atoms with van der Waals surface area (Å²) in [5.74, 6) is -3.44. The van der Waals surface area contributed by atoms with Gasteiger partial charge in [-0.25, -0.2) is 4.39 Å². The molecule has 2 N–H and O–H groups in total. The molecule has 1 fully saturated rings. The largest absolute Gasteiger partial charge is 0.507 e. The highest BCUT2D eigenvalue weighted by atomic mass is 35.5. The van der Waals surface area contributed by atoms with Crippen LogP contribution in [0.5, 0.6) is 0 Å². The van der Waals surface area contributed by atoms with Crippen molar-refractivity contribution in [3.8, 4) is 0 Å². The van der Waals surface area contributed by atoms with Crippen molar-refractivity contribution in [1.82, 2.24) is 4.90 Å². The summed E-state index contributed by atoms with van der Waals surface area (Å²) in [4.78, 5) is 37.6. The molecular weight excluding hydrogens is 425 g/mol. The quantitative estimate of drug-likeness (QED) is 0.269. The molecule has 31 heavy (non-hydrogen) atoms. The Kier molecular flexibility index (Phi) is 7.07. The highest BCUT2D eigenvalue weighted by molar-refractivity contribution is 6.46. The molecule has 2 aromatic carbocycles. The maximum atomic E-state index is 13.9. The van der Waals surface area contributed by atoms with Crippen LogP contribution in [0.15, 0.2) is 54.1 Å². The molecule has 0 unspecified atom stereocenters. The Balaban J connectivity index is 1.97. The highest BCUT2D eigenvalue weighted by Gasteiger charge is 2.45. The van der Waals surface area contributed by atoms with Gasteiger partial charge in [0.25, 0.3) is 11.7 Å². The first-order valence-electron chi connectivity index (χ1n) is 9.81. The van der Waals surface area contributed by atoms with Crippen molar-refractivity contribution in [2.24, 2.45) is 0 Å². The number of rotatable bonds is 8. The molecule has 0 spiro atoms. The third-order valence-corrected chi connectivity index (χ3v) is 5.36. The summed E-state index contributed by atoms with van der Waals surface area (Å²) in [5, 5.41) is 20.1. The lowest BCUT2D eigenvalue weighted by atomic mass is 9.95. The molecule has 1 aliphatic heterocycles. The minimum Gasteiger partial charge on any atom is -0.507 e. The predicted octanol–water partition coefficient (Wildman–Crippen LogP) is 4.55. The Morgan fingerprint density at radius 3 is 2.39 bits per heavy atom. The lowest BCUT2D eigenvalue weighted by Gasteiger charge is -2.25. The molecule has 1 saturated heterocycles. The van der Waals surface area contributed by atoms with Gasteiger partial charge in [-0.3, -0.25) is 14.4 Å². The van der Waals surface area contributed by atoms with Crippen LogP contribution in [0.2, 0.25) is 5.02 Å². The van der Waals surface area contributed by atoms with Gasteiger partial charge in [-0.2, -0.15) is 0 Å². The van der Waals surface area contributed by atoms with Gasteiger partial charge in [0.1, 0.15) is 11.6 Å². The van der Waals surface area contributed by atoms with Crippen LogP contribution >= 0.6 is 11.6 Å². The van der Waals surface area contributed by atoms with E-state index in [1.54, 1.807) is 18.2 Å². The maximum Gasteiger partial charge on any atom is 0.303 e. The number of aliphatic carboxylic acids is 1. The van der Waals surface area contributed by atoms with E-state index in [2.05, 4.69) is 0 Å². The summed E-state index contributed by atoms with van der Waals surface area (Å²) in [6, 6.07) is 10.7. The molecule has 6 nitrogen and oxygen atoms in total. The summed E-state index contributed by atoms with van der Waals surface area (Å²) in [7, 11) is 0. The predicted molar refractivity (Wildman–Crippen MR) is 113 cm³/mol. The number of Topliss-reactive ketones (excluding diaryl/α,β-unsaturated/α-hetero) is 1. The van der Waals surface area contributed by atoms with Crippen LogP contribution in [0.1, 0.15) is 42.9 Å². The molecule has 1 amide bonds. The Bertz CT molecular complexity index is 1030. The second-order valence-electron chi connectivity index (χ2n) is 7.26. The zero-order valence-electron chi connectivity index (χ0n) is 16.6. The van der Waals surface area contributed by atoms with E-state index in [0.717, 1.165) is 0 Å². The van der Waals surface area contributed by atoms with Crippen LogP contribution in [0, 0.1) is 5.82 Å². The average molecular weight is 446 g/mol. The topological polar surface area (TPSA) is 94.9 Å². The van der Waals surface area contributed by atoms with Crippen molar-refractivity contribution in [2.45, 2.75) is 31.7 Å². The fourth-order valence-electron chi connectivity index (χ4n) is 3.63. The summed E-state index contributed by atoms with van der Waals surface area (Å²) in [5.41, 5.74) is 0.550. The number of unbranched alkanes of at least 4 members (excludes halogenated alkanes) is 2. The Labute approximate surface area is 183 Å². The first kappa shape index (κ1) is 22.5. The van der Waals surface area contributed by atoms with E-state index in [1.165, 1.54) is 35.2 Å². The van der Waals surface area contributed by atoms with Crippen molar-refractivity contribution in [1.29, 1.82) is 0 Å². The van der Waals surface area contributed by atoms with Crippen LogP contribution in [0.25, 0.3) is 5.76 Å². The molecule has 0 saturated carbocycles. The fraction of sp³-hybridized carbons (Fsp3) is 0.261. The summed E-state index contributed by atoms with van der Waals surface area (Å²) < 4.78 is 13.9. The maximum absolute atomic E-state index is 13.9. The van der Waals surface area contributed by atoms with E-state index in [9.17, 15) is 23.9 Å². The molecule has 162 valence electrons. The number of carboxylic acid groups (broad SMARTS) is 1. The number of likely N-dealkylation sites (tertiary alicyclic amines) is 1. The number of aliphatic hydroxyl groups excluding tert-OH is 1. The molecule has 1 aliphatic rings. The SMILES string of the molecule is O=C(O)CCCCCN1C(=O)C(=O)C(=C(O)c2ccc(Cl)cc2)[C@@H]1c1cccc(F)c1. The van der Waals surface area contributed by atoms with Crippen molar-refractivity contribution < 1.29 is 29.0 Å². The van der Waals surface area contributed by atoms with Crippen molar-refractivity contribution in [3.05, 3.63) is 76.1 Å². The van der Waals surface area contributed by atoms with Crippen LogP contribution in [0.3, 0.4) is 0 Å². The van der Waals surface area contributed by atoms with Crippen LogP contribution < -0.4 is 0 Å². The highest BCUT2D eigenvalue weighted by Crippen LogP contribution is 2.39. The number of carboxylic acids is 1. The first-order valence-corrected chi connectivity index (χ1v) is 10.2. The Hall–Kier alpha value is -3.19. The third-order valence-electron chi connectivity index (χ3n) is 5.11. The van der Waals surface area contributed by atoms with E-state index >= 15 is 0 Å². The zero-order valence-corrected chi connectivity index (χ0v) is 17.3. The zero-order chi connectivity index (χ0) is 22.5. The van der Waals surface area contributed by atoms with Crippen LogP contribution in [-0.4, -0.2) is 39.3 Å². The number of hydrogen-bond acceptors (Lipinski definition) is 4. The number of amides is 1. The molecule has 0 aliphatic carbocycles. The number of nitrogens with zero attached hydrogens (tertiary/aromatic N) is 1. The lowest BCUT2D eigenvalue weighted by Crippen LogP contribution is -2.30. The van der Waals surface area contributed by atoms with Gasteiger partial charge in [0.15, 0.2) is 0 Å². The first-order chi connectivity index (χ1) is 14.8. The smallest absolute Gasteiger partial charge is 0.303 e. The molecular formula is C23H21ClFNO5. The van der Waals surface area contributed by atoms with Gasteiger partial charge in [-0.1, -0.05) is 30.2 Å². The fourth-order valence-corrected chi connectivity index (χ4v) is 3.76. The van der Waals surface area contributed by atoms with Gasteiger partial charge < -0.3 is 15.1 Å². The van der Waals surface area contributed by atoms with Crippen LogP contribution in [-0.2, 0) is 14.4 Å². The molecule has 1 heterocycles. The number of halogens is 2. The number of aliphatic hydroxyl groups is 1. The number of benzene rings is 2. The van der Waals surface area contributed by atoms with Gasteiger partial charge in [0.2, 0.25) is 0 Å². The molecule has 2 aromatic rings. The molecule has 1 atom stereocenters. The molecule has 3 rings (SSSR count). The van der Waals surface area contributed by atoms with Crippen molar-refractivity contribution in [3.63, 3.8) is 0 Å². The molecule has 0 aromatic heterocycles. The second kappa shape index (κ2) is 9.75. The molecule has 0 bridgehead atoms. The van der Waals surface area contributed by atoms with E-state index in [0.29, 0.717) is 35.4 Å². The summed E-state index contributed by atoms with van der Waals surface area (Å²) in [6.45, 7) is 0.169. The monoisotopic (exact) mass is 445 g/mol. The van der Waals surface area contributed by atoms with Crippen molar-refractivity contribution in [2.75, 3.05) is 6.54 Å². The summed E-state index contributed by atoms with van der Waals surface area (Å²) in [6.07, 6.45) is 1.47. The second-order valence-corrected chi connectivity index (χ2v) is 7.70. The Morgan fingerprint density at radius 1 is 1.03 bits per heavy atom. The number of carbonyl (C=O) groups excluding carboxylic acids is 2.